The van der Waals surface area contributed by atoms with E-state index in [0.29, 0.717) is 22.2 Å². The van der Waals surface area contributed by atoms with E-state index >= 15 is 0 Å². The summed E-state index contributed by atoms with van der Waals surface area (Å²) in [5.74, 6) is -1.21. The van der Waals surface area contributed by atoms with Gasteiger partial charge in [-0.2, -0.15) is 0 Å². The summed E-state index contributed by atoms with van der Waals surface area (Å²) in [4.78, 5) is 15.1. The SMILES string of the molecule is Cc1cc(C(=O)O)cc(Nc2cc(F)ccc2Cl)n1. The highest BCUT2D eigenvalue weighted by molar-refractivity contribution is 6.33. The molecule has 0 aliphatic rings. The Morgan fingerprint density at radius 1 is 1.37 bits per heavy atom. The van der Waals surface area contributed by atoms with Crippen molar-refractivity contribution >= 4 is 29.1 Å². The van der Waals surface area contributed by atoms with Crippen molar-refractivity contribution in [1.29, 1.82) is 0 Å². The fraction of sp³-hybridized carbons (Fsp3) is 0.0769. The van der Waals surface area contributed by atoms with E-state index in [9.17, 15) is 9.18 Å². The van der Waals surface area contributed by atoms with Crippen LogP contribution in [0, 0.1) is 12.7 Å². The molecule has 0 fully saturated rings. The number of carboxylic acids is 1. The third-order valence-electron chi connectivity index (χ3n) is 2.39. The summed E-state index contributed by atoms with van der Waals surface area (Å²) in [6.07, 6.45) is 0. The predicted molar refractivity (Wildman–Crippen MR) is 70.6 cm³/mol. The number of nitrogens with one attached hydrogen (secondary N) is 1. The quantitative estimate of drug-likeness (QED) is 0.901. The molecule has 1 aromatic heterocycles. The molecule has 19 heavy (non-hydrogen) atoms. The number of aromatic carboxylic acids is 1. The molecule has 0 bridgehead atoms. The van der Waals surface area contributed by atoms with E-state index in [2.05, 4.69) is 10.3 Å². The van der Waals surface area contributed by atoms with Gasteiger partial charge < -0.3 is 10.4 Å². The van der Waals surface area contributed by atoms with E-state index in [1.807, 2.05) is 0 Å². The van der Waals surface area contributed by atoms with Gasteiger partial charge in [0.05, 0.1) is 16.3 Å². The fourth-order valence-corrected chi connectivity index (χ4v) is 1.75. The normalized spacial score (nSPS) is 10.3. The van der Waals surface area contributed by atoms with Crippen LogP contribution in [0.1, 0.15) is 16.1 Å². The molecule has 1 aromatic carbocycles. The van der Waals surface area contributed by atoms with Gasteiger partial charge in [-0.3, -0.25) is 0 Å². The Kier molecular flexibility index (Phi) is 3.66. The maximum Gasteiger partial charge on any atom is 0.335 e. The summed E-state index contributed by atoms with van der Waals surface area (Å²) in [6.45, 7) is 1.67. The molecular formula is C13H10ClFN2O2. The van der Waals surface area contributed by atoms with Crippen LogP contribution >= 0.6 is 11.6 Å². The second-order valence-corrected chi connectivity index (χ2v) is 4.34. The topological polar surface area (TPSA) is 62.2 Å². The van der Waals surface area contributed by atoms with E-state index in [1.54, 1.807) is 6.92 Å². The van der Waals surface area contributed by atoms with Gasteiger partial charge in [-0.05, 0) is 37.3 Å². The number of aromatic nitrogens is 1. The minimum atomic E-state index is -1.06. The van der Waals surface area contributed by atoms with E-state index in [1.165, 1.54) is 30.3 Å². The molecule has 2 N–H and O–H groups in total. The third-order valence-corrected chi connectivity index (χ3v) is 2.72. The van der Waals surface area contributed by atoms with Gasteiger partial charge in [-0.1, -0.05) is 11.6 Å². The highest BCUT2D eigenvalue weighted by atomic mass is 35.5. The molecule has 2 rings (SSSR count). The van der Waals surface area contributed by atoms with Crippen LogP contribution in [-0.4, -0.2) is 16.1 Å². The Labute approximate surface area is 113 Å². The first-order valence-electron chi connectivity index (χ1n) is 5.40. The lowest BCUT2D eigenvalue weighted by Crippen LogP contribution is -2.02. The number of halogens is 2. The minimum absolute atomic E-state index is 0.0996. The smallest absolute Gasteiger partial charge is 0.335 e. The molecule has 0 atom stereocenters. The number of benzene rings is 1. The number of rotatable bonds is 3. The molecular weight excluding hydrogens is 271 g/mol. The van der Waals surface area contributed by atoms with Crippen LogP contribution in [0.5, 0.6) is 0 Å². The molecule has 6 heteroatoms. The van der Waals surface area contributed by atoms with Gasteiger partial charge in [-0.15, -0.1) is 0 Å². The van der Waals surface area contributed by atoms with Crippen molar-refractivity contribution in [2.24, 2.45) is 0 Å². The summed E-state index contributed by atoms with van der Waals surface area (Å²) in [7, 11) is 0. The second kappa shape index (κ2) is 5.24. The summed E-state index contributed by atoms with van der Waals surface area (Å²) in [5, 5.41) is 12.1. The molecule has 0 aliphatic carbocycles. The van der Waals surface area contributed by atoms with Gasteiger partial charge in [0.25, 0.3) is 0 Å². The molecule has 0 radical (unpaired) electrons. The maximum atomic E-state index is 13.1. The lowest BCUT2D eigenvalue weighted by atomic mass is 10.2. The highest BCUT2D eigenvalue weighted by Crippen LogP contribution is 2.26. The standard InChI is InChI=1S/C13H10ClFN2O2/c1-7-4-8(13(18)19)5-12(16-7)17-11-6-9(15)2-3-10(11)14/h2-6H,1H3,(H,16,17)(H,18,19). The van der Waals surface area contributed by atoms with Gasteiger partial charge in [0.2, 0.25) is 0 Å². The number of carbonyl (C=O) groups is 1. The molecule has 2 aromatic rings. The van der Waals surface area contributed by atoms with Crippen LogP contribution in [-0.2, 0) is 0 Å². The van der Waals surface area contributed by atoms with Gasteiger partial charge in [0, 0.05) is 5.69 Å². The third kappa shape index (κ3) is 3.20. The molecule has 0 unspecified atom stereocenters. The molecule has 0 spiro atoms. The number of nitrogens with zero attached hydrogens (tertiary/aromatic N) is 1. The second-order valence-electron chi connectivity index (χ2n) is 3.94. The first-order valence-corrected chi connectivity index (χ1v) is 5.77. The Morgan fingerprint density at radius 3 is 2.79 bits per heavy atom. The summed E-state index contributed by atoms with van der Waals surface area (Å²) in [5.41, 5.74) is 0.966. The van der Waals surface area contributed by atoms with E-state index in [0.717, 1.165) is 0 Å². The average molecular weight is 281 g/mol. The highest BCUT2D eigenvalue weighted by Gasteiger charge is 2.08. The van der Waals surface area contributed by atoms with Crippen molar-refractivity contribution in [3.8, 4) is 0 Å². The largest absolute Gasteiger partial charge is 0.478 e. The number of carboxylic acid groups (broad SMARTS) is 1. The molecule has 4 nitrogen and oxygen atoms in total. The number of anilines is 2. The van der Waals surface area contributed by atoms with Gasteiger partial charge in [0.1, 0.15) is 11.6 Å². The minimum Gasteiger partial charge on any atom is -0.478 e. The summed E-state index contributed by atoms with van der Waals surface area (Å²) < 4.78 is 13.1. The van der Waals surface area contributed by atoms with Crippen LogP contribution in [0.15, 0.2) is 30.3 Å². The van der Waals surface area contributed by atoms with Crippen molar-refractivity contribution in [3.63, 3.8) is 0 Å². The van der Waals surface area contributed by atoms with Crippen molar-refractivity contribution in [2.75, 3.05) is 5.32 Å². The van der Waals surface area contributed by atoms with Crippen molar-refractivity contribution in [1.82, 2.24) is 4.98 Å². The first kappa shape index (κ1) is 13.3. The predicted octanol–water partition coefficient (Wildman–Crippen LogP) is 3.62. The van der Waals surface area contributed by atoms with E-state index in [4.69, 9.17) is 16.7 Å². The lowest BCUT2D eigenvalue weighted by molar-refractivity contribution is 0.0696. The summed E-state index contributed by atoms with van der Waals surface area (Å²) in [6, 6.07) is 6.66. The summed E-state index contributed by atoms with van der Waals surface area (Å²) >= 11 is 5.91. The molecule has 0 aliphatic heterocycles. The van der Waals surface area contributed by atoms with Gasteiger partial charge >= 0.3 is 5.97 Å². The Morgan fingerprint density at radius 2 is 2.11 bits per heavy atom. The lowest BCUT2D eigenvalue weighted by Gasteiger charge is -2.09. The van der Waals surface area contributed by atoms with E-state index in [-0.39, 0.29) is 5.56 Å². The zero-order valence-corrected chi connectivity index (χ0v) is 10.7. The number of hydrogen-bond donors (Lipinski definition) is 2. The Balaban J connectivity index is 2.38. The van der Waals surface area contributed by atoms with Crippen LogP contribution < -0.4 is 5.32 Å². The van der Waals surface area contributed by atoms with Crippen LogP contribution in [0.25, 0.3) is 0 Å². The zero-order chi connectivity index (χ0) is 14.0. The van der Waals surface area contributed by atoms with Crippen molar-refractivity contribution < 1.29 is 14.3 Å². The Hall–Kier alpha value is -2.14. The van der Waals surface area contributed by atoms with Crippen LogP contribution in [0.4, 0.5) is 15.9 Å². The zero-order valence-electron chi connectivity index (χ0n) is 9.95. The number of pyridine rings is 1. The Bertz CT molecular complexity index is 647. The van der Waals surface area contributed by atoms with Gasteiger partial charge in [0.15, 0.2) is 0 Å². The van der Waals surface area contributed by atoms with Crippen molar-refractivity contribution in [3.05, 3.63) is 52.4 Å². The average Bonchev–Trinajstić information content (AvgIpc) is 2.33. The first-order chi connectivity index (χ1) is 8.95. The monoisotopic (exact) mass is 280 g/mol. The molecule has 0 saturated heterocycles. The molecule has 1 heterocycles. The number of hydrogen-bond acceptors (Lipinski definition) is 3. The van der Waals surface area contributed by atoms with Crippen LogP contribution in [0.2, 0.25) is 5.02 Å². The maximum absolute atomic E-state index is 13.1. The number of aryl methyl sites for hydroxylation is 1. The van der Waals surface area contributed by atoms with Gasteiger partial charge in [-0.25, -0.2) is 14.2 Å². The molecule has 0 saturated carbocycles. The van der Waals surface area contributed by atoms with Crippen molar-refractivity contribution in [2.45, 2.75) is 6.92 Å². The fourth-order valence-electron chi connectivity index (χ4n) is 1.59. The van der Waals surface area contributed by atoms with E-state index < -0.39 is 11.8 Å². The molecule has 0 amide bonds. The van der Waals surface area contributed by atoms with Crippen LogP contribution in [0.3, 0.4) is 0 Å². The molecule has 98 valence electrons.